The maximum atomic E-state index is 14.0. The molecule has 0 unspecified atom stereocenters. The van der Waals surface area contributed by atoms with Crippen molar-refractivity contribution in [1.82, 2.24) is 10.2 Å². The average molecular weight is 556 g/mol. The minimum absolute atomic E-state index is 0.0340. The third-order valence-corrected chi connectivity index (χ3v) is 8.24. The number of para-hydroxylation sites is 1. The van der Waals surface area contributed by atoms with Gasteiger partial charge in [-0.15, -0.1) is 0 Å². The van der Waals surface area contributed by atoms with Gasteiger partial charge < -0.3 is 10.2 Å². The maximum absolute atomic E-state index is 14.0. The summed E-state index contributed by atoms with van der Waals surface area (Å²) >= 11 is 6.42. The molecule has 7 nitrogen and oxygen atoms in total. The summed E-state index contributed by atoms with van der Waals surface area (Å²) in [5.74, 6) is -0.772. The van der Waals surface area contributed by atoms with Crippen LogP contribution in [0.25, 0.3) is 0 Å². The molecule has 2 amide bonds. The van der Waals surface area contributed by atoms with Crippen LogP contribution < -0.4 is 9.62 Å². The number of sulfonamides is 1. The summed E-state index contributed by atoms with van der Waals surface area (Å²) in [6.45, 7) is 4.01. The summed E-state index contributed by atoms with van der Waals surface area (Å²) in [6, 6.07) is 23.0. The number of hydrogen-bond donors (Lipinski definition) is 1. The Morgan fingerprint density at radius 2 is 1.50 bits per heavy atom. The van der Waals surface area contributed by atoms with Crippen LogP contribution in [-0.2, 0) is 26.2 Å². The molecular formula is C29H34ClN3O4S. The third kappa shape index (κ3) is 7.36. The fraction of sp³-hybridized carbons (Fsp3) is 0.310. The molecule has 0 bridgehead atoms. The monoisotopic (exact) mass is 555 g/mol. The SMILES string of the molecule is CCCCNC(=O)[C@@H](CC)N(Cc1ccccc1)C(=O)CN(c1ccccc1Cl)S(=O)(=O)c1ccccc1. The molecule has 0 aromatic heterocycles. The van der Waals surface area contributed by atoms with E-state index in [1.165, 1.54) is 17.0 Å². The van der Waals surface area contributed by atoms with Gasteiger partial charge in [-0.05, 0) is 42.7 Å². The van der Waals surface area contributed by atoms with Crippen molar-refractivity contribution in [3.05, 3.63) is 95.5 Å². The first-order valence-corrected chi connectivity index (χ1v) is 14.5. The van der Waals surface area contributed by atoms with Gasteiger partial charge in [-0.1, -0.05) is 92.5 Å². The normalized spacial score (nSPS) is 12.0. The molecule has 0 saturated carbocycles. The smallest absolute Gasteiger partial charge is 0.264 e. The summed E-state index contributed by atoms with van der Waals surface area (Å²) < 4.78 is 28.6. The van der Waals surface area contributed by atoms with Gasteiger partial charge in [0.2, 0.25) is 11.8 Å². The van der Waals surface area contributed by atoms with Crippen molar-refractivity contribution in [3.63, 3.8) is 0 Å². The lowest BCUT2D eigenvalue weighted by Crippen LogP contribution is -2.52. The van der Waals surface area contributed by atoms with Gasteiger partial charge in [0.15, 0.2) is 0 Å². The lowest BCUT2D eigenvalue weighted by molar-refractivity contribution is -0.140. The second-order valence-electron chi connectivity index (χ2n) is 8.85. The molecule has 38 heavy (non-hydrogen) atoms. The van der Waals surface area contributed by atoms with Crippen LogP contribution in [0.4, 0.5) is 5.69 Å². The Morgan fingerprint density at radius 3 is 2.11 bits per heavy atom. The number of unbranched alkanes of at least 4 members (excludes halogenated alkanes) is 1. The highest BCUT2D eigenvalue weighted by atomic mass is 35.5. The van der Waals surface area contributed by atoms with Gasteiger partial charge >= 0.3 is 0 Å². The van der Waals surface area contributed by atoms with Gasteiger partial charge in [-0.2, -0.15) is 0 Å². The first-order chi connectivity index (χ1) is 18.3. The van der Waals surface area contributed by atoms with E-state index in [1.807, 2.05) is 44.2 Å². The molecule has 1 atom stereocenters. The second-order valence-corrected chi connectivity index (χ2v) is 11.1. The molecule has 0 spiro atoms. The van der Waals surface area contributed by atoms with Crippen molar-refractivity contribution < 1.29 is 18.0 Å². The van der Waals surface area contributed by atoms with E-state index in [2.05, 4.69) is 5.32 Å². The van der Waals surface area contributed by atoms with E-state index < -0.39 is 28.5 Å². The van der Waals surface area contributed by atoms with Crippen molar-refractivity contribution in [2.75, 3.05) is 17.4 Å². The summed E-state index contributed by atoms with van der Waals surface area (Å²) in [5, 5.41) is 3.11. The highest BCUT2D eigenvalue weighted by Gasteiger charge is 2.34. The molecule has 3 aromatic rings. The van der Waals surface area contributed by atoms with Gasteiger partial charge in [-0.25, -0.2) is 8.42 Å². The number of anilines is 1. The van der Waals surface area contributed by atoms with Crippen LogP contribution in [0, 0.1) is 0 Å². The summed E-state index contributed by atoms with van der Waals surface area (Å²) in [6.07, 6.45) is 2.12. The molecule has 0 aliphatic heterocycles. The van der Waals surface area contributed by atoms with Crippen molar-refractivity contribution in [2.24, 2.45) is 0 Å². The minimum atomic E-state index is -4.15. The largest absolute Gasteiger partial charge is 0.354 e. The van der Waals surface area contributed by atoms with Crippen LogP contribution >= 0.6 is 11.6 Å². The molecule has 3 aromatic carbocycles. The van der Waals surface area contributed by atoms with Gasteiger partial charge in [0.05, 0.1) is 15.6 Å². The van der Waals surface area contributed by atoms with E-state index in [4.69, 9.17) is 11.6 Å². The summed E-state index contributed by atoms with van der Waals surface area (Å²) in [4.78, 5) is 28.6. The van der Waals surface area contributed by atoms with Crippen molar-refractivity contribution in [2.45, 2.75) is 50.6 Å². The van der Waals surface area contributed by atoms with Crippen LogP contribution in [0.3, 0.4) is 0 Å². The Hall–Kier alpha value is -3.36. The maximum Gasteiger partial charge on any atom is 0.264 e. The Bertz CT molecular complexity index is 1300. The number of rotatable bonds is 13. The second kappa shape index (κ2) is 14.0. The number of hydrogen-bond acceptors (Lipinski definition) is 4. The van der Waals surface area contributed by atoms with Gasteiger partial charge in [0.25, 0.3) is 10.0 Å². The van der Waals surface area contributed by atoms with Gasteiger partial charge in [0, 0.05) is 13.1 Å². The number of carbonyl (C=O) groups is 2. The zero-order valence-electron chi connectivity index (χ0n) is 21.7. The van der Waals surface area contributed by atoms with Crippen molar-refractivity contribution in [1.29, 1.82) is 0 Å². The molecule has 0 saturated heterocycles. The molecule has 1 N–H and O–H groups in total. The molecule has 0 aliphatic rings. The fourth-order valence-corrected chi connectivity index (χ4v) is 5.83. The molecule has 0 fully saturated rings. The predicted octanol–water partition coefficient (Wildman–Crippen LogP) is 5.26. The van der Waals surface area contributed by atoms with E-state index in [-0.39, 0.29) is 28.1 Å². The highest BCUT2D eigenvalue weighted by molar-refractivity contribution is 7.92. The molecule has 0 radical (unpaired) electrons. The lowest BCUT2D eigenvalue weighted by Gasteiger charge is -2.33. The number of halogens is 1. The Balaban J connectivity index is 2.02. The van der Waals surface area contributed by atoms with Crippen molar-refractivity contribution >= 4 is 39.1 Å². The molecule has 0 heterocycles. The van der Waals surface area contributed by atoms with E-state index >= 15 is 0 Å². The third-order valence-electron chi connectivity index (χ3n) is 6.14. The van der Waals surface area contributed by atoms with Crippen molar-refractivity contribution in [3.8, 4) is 0 Å². The molecule has 202 valence electrons. The molecule has 3 rings (SSSR count). The van der Waals surface area contributed by atoms with Crippen LogP contribution in [-0.4, -0.2) is 44.3 Å². The molecular weight excluding hydrogens is 522 g/mol. The number of nitrogens with one attached hydrogen (secondary N) is 1. The van der Waals surface area contributed by atoms with E-state index in [0.717, 1.165) is 22.7 Å². The fourth-order valence-electron chi connectivity index (χ4n) is 4.09. The predicted molar refractivity (Wildman–Crippen MR) is 151 cm³/mol. The standard InChI is InChI=1S/C29H34ClN3O4S/c1-3-5-20-31-29(35)26(4-2)32(21-23-14-8-6-9-15-23)28(34)22-33(27-19-13-12-18-25(27)30)38(36,37)24-16-10-7-11-17-24/h6-19,26H,3-5,20-22H2,1-2H3,(H,31,35)/t26-/m1/s1. The Morgan fingerprint density at radius 1 is 0.895 bits per heavy atom. The number of benzene rings is 3. The van der Waals surface area contributed by atoms with E-state index in [0.29, 0.717) is 13.0 Å². The van der Waals surface area contributed by atoms with Gasteiger partial charge in [-0.3, -0.25) is 13.9 Å². The quantitative estimate of drug-likeness (QED) is 0.291. The topological polar surface area (TPSA) is 86.8 Å². The van der Waals surface area contributed by atoms with Crippen LogP contribution in [0.5, 0.6) is 0 Å². The summed E-state index contributed by atoms with van der Waals surface area (Å²) in [7, 11) is -4.15. The van der Waals surface area contributed by atoms with Crippen LogP contribution in [0.2, 0.25) is 5.02 Å². The van der Waals surface area contributed by atoms with E-state index in [9.17, 15) is 18.0 Å². The highest BCUT2D eigenvalue weighted by Crippen LogP contribution is 2.30. The van der Waals surface area contributed by atoms with Crippen LogP contribution in [0.15, 0.2) is 89.8 Å². The Labute approximate surface area is 230 Å². The number of amides is 2. The van der Waals surface area contributed by atoms with Gasteiger partial charge in [0.1, 0.15) is 12.6 Å². The number of carbonyl (C=O) groups excluding carboxylic acids is 2. The van der Waals surface area contributed by atoms with E-state index in [1.54, 1.807) is 42.5 Å². The summed E-state index contributed by atoms with van der Waals surface area (Å²) in [5.41, 5.74) is 1.02. The Kier molecular flexibility index (Phi) is 10.7. The average Bonchev–Trinajstić information content (AvgIpc) is 2.93. The molecule has 0 aliphatic carbocycles. The zero-order valence-corrected chi connectivity index (χ0v) is 23.3. The number of nitrogens with zero attached hydrogens (tertiary/aromatic N) is 2. The zero-order chi connectivity index (χ0) is 27.5. The minimum Gasteiger partial charge on any atom is -0.354 e. The first-order valence-electron chi connectivity index (χ1n) is 12.7. The van der Waals surface area contributed by atoms with Crippen LogP contribution in [0.1, 0.15) is 38.7 Å². The molecule has 9 heteroatoms. The first kappa shape index (κ1) is 29.2. The lowest BCUT2D eigenvalue weighted by atomic mass is 10.1.